The normalized spacial score (nSPS) is 17.6. The summed E-state index contributed by atoms with van der Waals surface area (Å²) in [6.45, 7) is -0.210. The molecule has 0 saturated heterocycles. The average Bonchev–Trinajstić information content (AvgIpc) is 3.25. The Morgan fingerprint density at radius 2 is 2.19 bits per heavy atom. The molecule has 2 aromatic heterocycles. The summed E-state index contributed by atoms with van der Waals surface area (Å²) in [5.74, 6) is -1.87. The summed E-state index contributed by atoms with van der Waals surface area (Å²) in [6, 6.07) is 1.27. The van der Waals surface area contributed by atoms with Gasteiger partial charge in [-0.3, -0.25) is 0 Å². The van der Waals surface area contributed by atoms with Crippen LogP contribution in [0.1, 0.15) is 27.7 Å². The molecule has 0 amide bonds. The van der Waals surface area contributed by atoms with Gasteiger partial charge in [-0.05, 0) is 17.9 Å². The molecule has 0 unspecified atom stereocenters. The van der Waals surface area contributed by atoms with Crippen LogP contribution in [0.25, 0.3) is 0 Å². The van der Waals surface area contributed by atoms with Crippen molar-refractivity contribution in [1.82, 2.24) is 19.5 Å². The monoisotopic (exact) mass is 424 g/mol. The topological polar surface area (TPSA) is 103 Å². The second-order valence-electron chi connectivity index (χ2n) is 5.85. The largest absolute Gasteiger partial charge is 0.465 e. The minimum Gasteiger partial charge on any atom is -0.465 e. The molecule has 148 valence electrons. The van der Waals surface area contributed by atoms with Gasteiger partial charge in [-0.2, -0.15) is 13.2 Å². The highest BCUT2D eigenvalue weighted by molar-refractivity contribution is 7.89. The third-order valence-corrected chi connectivity index (χ3v) is 6.67. The smallest absolute Gasteiger partial charge is 0.392 e. The molecule has 0 aromatic carbocycles. The van der Waals surface area contributed by atoms with Gasteiger partial charge in [0.25, 0.3) is 0 Å². The number of alkyl halides is 3. The predicted octanol–water partition coefficient (Wildman–Crippen LogP) is 1.73. The molecule has 8 nitrogen and oxygen atoms in total. The lowest BCUT2D eigenvalue weighted by atomic mass is 9.97. The highest BCUT2D eigenvalue weighted by atomic mass is 32.2. The van der Waals surface area contributed by atoms with Crippen LogP contribution in [0, 0.1) is 5.92 Å². The fraction of sp³-hybridized carbons (Fsp3) is 0.500. The Bertz CT molecular complexity index is 952. The number of nitrogens with one attached hydrogen (secondary N) is 1. The first-order chi connectivity index (χ1) is 12.6. The van der Waals surface area contributed by atoms with Crippen LogP contribution < -0.4 is 4.72 Å². The molecule has 13 heteroatoms. The van der Waals surface area contributed by atoms with E-state index >= 15 is 0 Å². The molecule has 0 bridgehead atoms. The van der Waals surface area contributed by atoms with Crippen molar-refractivity contribution >= 4 is 27.3 Å². The highest BCUT2D eigenvalue weighted by Crippen LogP contribution is 2.34. The van der Waals surface area contributed by atoms with Crippen molar-refractivity contribution in [3.63, 3.8) is 0 Å². The van der Waals surface area contributed by atoms with Crippen LogP contribution in [0.15, 0.2) is 16.3 Å². The minimum absolute atomic E-state index is 0.0510. The lowest BCUT2D eigenvalue weighted by Gasteiger charge is -2.25. The number of thiophene rings is 1. The van der Waals surface area contributed by atoms with Gasteiger partial charge in [-0.15, -0.1) is 21.5 Å². The number of ether oxygens (including phenoxy) is 1. The van der Waals surface area contributed by atoms with Gasteiger partial charge in [0, 0.05) is 13.0 Å². The van der Waals surface area contributed by atoms with Gasteiger partial charge < -0.3 is 9.30 Å². The predicted molar refractivity (Wildman–Crippen MR) is 87.6 cm³/mol. The van der Waals surface area contributed by atoms with Crippen molar-refractivity contribution in [2.75, 3.05) is 7.11 Å². The van der Waals surface area contributed by atoms with Crippen molar-refractivity contribution in [3.05, 3.63) is 28.0 Å². The lowest BCUT2D eigenvalue weighted by molar-refractivity contribution is -0.179. The number of fused-ring (bicyclic) bond motifs is 1. The molecule has 2 aromatic rings. The second-order valence-corrected chi connectivity index (χ2v) is 8.50. The quantitative estimate of drug-likeness (QED) is 0.734. The van der Waals surface area contributed by atoms with Crippen molar-refractivity contribution in [3.8, 4) is 0 Å². The van der Waals surface area contributed by atoms with Gasteiger partial charge in [0.05, 0.1) is 19.6 Å². The number of hydrogen-bond donors (Lipinski definition) is 1. The Morgan fingerprint density at radius 3 is 2.85 bits per heavy atom. The van der Waals surface area contributed by atoms with E-state index in [2.05, 4.69) is 19.7 Å². The number of halogens is 3. The van der Waals surface area contributed by atoms with E-state index in [1.165, 1.54) is 16.0 Å². The molecular weight excluding hydrogens is 409 g/mol. The van der Waals surface area contributed by atoms with E-state index in [4.69, 9.17) is 0 Å². The first-order valence-corrected chi connectivity index (χ1v) is 10.1. The minimum atomic E-state index is -4.30. The van der Waals surface area contributed by atoms with Gasteiger partial charge in [0.2, 0.25) is 10.0 Å². The number of methoxy groups -OCH3 is 1. The van der Waals surface area contributed by atoms with Crippen molar-refractivity contribution < 1.29 is 31.1 Å². The van der Waals surface area contributed by atoms with Crippen molar-refractivity contribution in [2.24, 2.45) is 5.92 Å². The fourth-order valence-electron chi connectivity index (χ4n) is 2.79. The number of sulfonamides is 1. The van der Waals surface area contributed by atoms with E-state index in [0.29, 0.717) is 0 Å². The number of hydrogen-bond acceptors (Lipinski definition) is 7. The zero-order valence-corrected chi connectivity index (χ0v) is 15.6. The highest BCUT2D eigenvalue weighted by Gasteiger charge is 2.42. The van der Waals surface area contributed by atoms with Gasteiger partial charge in [0.1, 0.15) is 21.4 Å². The number of rotatable bonds is 5. The van der Waals surface area contributed by atoms with E-state index in [0.717, 1.165) is 18.4 Å². The SMILES string of the molecule is COC(=O)c1sccc1S(=O)(=O)NCc1nnc2n1CC[C@H](C(F)(F)F)C2. The van der Waals surface area contributed by atoms with Crippen molar-refractivity contribution in [2.45, 2.75) is 37.0 Å². The summed E-state index contributed by atoms with van der Waals surface area (Å²) in [7, 11) is -2.90. The molecular formula is C14H15F3N4O4S2. The summed E-state index contributed by atoms with van der Waals surface area (Å²) in [6.07, 6.45) is -4.71. The summed E-state index contributed by atoms with van der Waals surface area (Å²) < 4.78 is 71.8. The number of carbonyl (C=O) groups is 1. The molecule has 1 atom stereocenters. The molecule has 27 heavy (non-hydrogen) atoms. The fourth-order valence-corrected chi connectivity index (χ4v) is 5.10. The number of aromatic nitrogens is 3. The molecule has 1 N–H and O–H groups in total. The first kappa shape index (κ1) is 19.8. The van der Waals surface area contributed by atoms with Crippen LogP contribution in [0.4, 0.5) is 13.2 Å². The third-order valence-electron chi connectivity index (χ3n) is 4.21. The van der Waals surface area contributed by atoms with Crippen LogP contribution in [0.3, 0.4) is 0 Å². The van der Waals surface area contributed by atoms with Crippen LogP contribution in [-0.2, 0) is 34.3 Å². The Kier molecular flexibility index (Phi) is 5.27. The third kappa shape index (κ3) is 3.99. The van der Waals surface area contributed by atoms with Gasteiger partial charge in [-0.25, -0.2) is 17.9 Å². The summed E-state index contributed by atoms with van der Waals surface area (Å²) in [5, 5.41) is 8.99. The summed E-state index contributed by atoms with van der Waals surface area (Å²) in [4.78, 5) is 11.4. The first-order valence-electron chi connectivity index (χ1n) is 7.76. The maximum Gasteiger partial charge on any atom is 0.392 e. The molecule has 1 aliphatic rings. The Hall–Kier alpha value is -1.99. The van der Waals surface area contributed by atoms with E-state index in [1.807, 2.05) is 0 Å². The average molecular weight is 424 g/mol. The maximum atomic E-state index is 12.8. The summed E-state index contributed by atoms with van der Waals surface area (Å²) >= 11 is 0.924. The molecule has 0 saturated carbocycles. The van der Waals surface area contributed by atoms with Gasteiger partial charge >= 0.3 is 12.1 Å². The Morgan fingerprint density at radius 1 is 1.44 bits per heavy atom. The van der Waals surface area contributed by atoms with E-state index in [-0.39, 0.29) is 47.4 Å². The van der Waals surface area contributed by atoms with Crippen LogP contribution >= 0.6 is 11.3 Å². The number of nitrogens with zero attached hydrogens (tertiary/aromatic N) is 3. The number of carbonyl (C=O) groups excluding carboxylic acids is 1. The second kappa shape index (κ2) is 7.20. The molecule has 1 aliphatic heterocycles. The molecule has 3 heterocycles. The maximum absolute atomic E-state index is 12.8. The molecule has 0 aliphatic carbocycles. The molecule has 0 radical (unpaired) electrons. The Labute approximate surface area is 156 Å². The standard InChI is InChI=1S/C14H15F3N4O4S2/c1-25-13(22)12-9(3-5-26-12)27(23,24)18-7-11-20-19-10-6-8(14(15,16)17)2-4-21(10)11/h3,5,8,18H,2,4,6-7H2,1H3/t8-/m0/s1. The zero-order chi connectivity index (χ0) is 19.8. The zero-order valence-electron chi connectivity index (χ0n) is 14.0. The van der Waals surface area contributed by atoms with Gasteiger partial charge in [0.15, 0.2) is 0 Å². The van der Waals surface area contributed by atoms with E-state index < -0.39 is 28.1 Å². The van der Waals surface area contributed by atoms with Gasteiger partial charge in [-0.1, -0.05) is 0 Å². The van der Waals surface area contributed by atoms with E-state index in [9.17, 15) is 26.4 Å². The Balaban J connectivity index is 1.74. The van der Waals surface area contributed by atoms with Crippen LogP contribution in [0.5, 0.6) is 0 Å². The summed E-state index contributed by atoms with van der Waals surface area (Å²) in [5.41, 5.74) is 0. The molecule has 3 rings (SSSR count). The molecule has 0 spiro atoms. The lowest BCUT2D eigenvalue weighted by Crippen LogP contribution is -2.32. The van der Waals surface area contributed by atoms with Crippen LogP contribution in [-0.4, -0.2) is 42.4 Å². The van der Waals surface area contributed by atoms with Crippen molar-refractivity contribution in [1.29, 1.82) is 0 Å². The van der Waals surface area contributed by atoms with E-state index in [1.54, 1.807) is 0 Å². The molecule has 0 fully saturated rings. The number of esters is 1. The van der Waals surface area contributed by atoms with Crippen LogP contribution in [0.2, 0.25) is 0 Å².